The summed E-state index contributed by atoms with van der Waals surface area (Å²) in [4.78, 5) is 23.0. The van der Waals surface area contributed by atoms with Gasteiger partial charge >= 0.3 is 11.8 Å². The second kappa shape index (κ2) is 7.79. The van der Waals surface area contributed by atoms with Gasteiger partial charge in [-0.25, -0.2) is 5.43 Å². The maximum Gasteiger partial charge on any atom is 0.329 e. The summed E-state index contributed by atoms with van der Waals surface area (Å²) in [6, 6.07) is 5.25. The van der Waals surface area contributed by atoms with Crippen LogP contribution in [0.4, 0.5) is 0 Å². The molecule has 1 saturated carbocycles. The second-order valence-electron chi connectivity index (χ2n) is 4.98. The van der Waals surface area contributed by atoms with E-state index in [1.807, 2.05) is 6.92 Å². The quantitative estimate of drug-likeness (QED) is 0.476. The van der Waals surface area contributed by atoms with Gasteiger partial charge in [-0.05, 0) is 37.5 Å². The maximum absolute atomic E-state index is 11.5. The molecule has 0 heterocycles. The van der Waals surface area contributed by atoms with Crippen LogP contribution in [0.15, 0.2) is 23.3 Å². The first-order valence-corrected chi connectivity index (χ1v) is 7.54. The van der Waals surface area contributed by atoms with Crippen molar-refractivity contribution in [3.05, 3.63) is 28.8 Å². The molecular weight excluding hydrogens is 306 g/mol. The highest BCUT2D eigenvalue weighted by Gasteiger charge is 2.26. The van der Waals surface area contributed by atoms with Crippen molar-refractivity contribution in [1.82, 2.24) is 10.7 Å². The molecule has 0 radical (unpaired) electrons. The van der Waals surface area contributed by atoms with E-state index in [0.29, 0.717) is 22.9 Å². The summed E-state index contributed by atoms with van der Waals surface area (Å²) in [6.45, 7) is 2.57. The predicted molar refractivity (Wildman–Crippen MR) is 84.1 cm³/mol. The van der Waals surface area contributed by atoms with Gasteiger partial charge in [-0.3, -0.25) is 9.59 Å². The smallest absolute Gasteiger partial charge is 0.329 e. The highest BCUT2D eigenvalue weighted by Crippen LogP contribution is 2.21. The van der Waals surface area contributed by atoms with Crippen LogP contribution in [0.5, 0.6) is 5.75 Å². The number of nitrogens with zero attached hydrogens (tertiary/aromatic N) is 1. The fraction of sp³-hybridized carbons (Fsp3) is 0.400. The Labute approximate surface area is 133 Å². The van der Waals surface area contributed by atoms with Crippen LogP contribution in [-0.2, 0) is 9.59 Å². The molecule has 1 aliphatic rings. The highest BCUT2D eigenvalue weighted by molar-refractivity contribution is 6.35. The van der Waals surface area contributed by atoms with E-state index in [1.165, 1.54) is 6.21 Å². The lowest BCUT2D eigenvalue weighted by molar-refractivity contribution is -0.139. The molecule has 2 N–H and O–H groups in total. The zero-order chi connectivity index (χ0) is 15.9. The molecular formula is C15H18ClN3O3. The van der Waals surface area contributed by atoms with Gasteiger partial charge in [0.1, 0.15) is 5.75 Å². The molecule has 0 aliphatic heterocycles. The normalized spacial score (nSPS) is 13.9. The van der Waals surface area contributed by atoms with Crippen molar-refractivity contribution in [1.29, 1.82) is 0 Å². The molecule has 1 aliphatic carbocycles. The molecule has 22 heavy (non-hydrogen) atoms. The third-order valence-electron chi connectivity index (χ3n) is 2.92. The predicted octanol–water partition coefficient (Wildman–Crippen LogP) is 1.86. The van der Waals surface area contributed by atoms with Gasteiger partial charge < -0.3 is 10.1 Å². The Kier molecular flexibility index (Phi) is 5.77. The summed E-state index contributed by atoms with van der Waals surface area (Å²) in [5, 5.41) is 6.89. The Morgan fingerprint density at radius 3 is 2.86 bits per heavy atom. The number of hydrogen-bond donors (Lipinski definition) is 2. The number of ether oxygens (including phenoxy) is 1. The molecule has 1 aromatic carbocycles. The summed E-state index contributed by atoms with van der Waals surface area (Å²) in [5.74, 6) is -0.846. The van der Waals surface area contributed by atoms with Crippen molar-refractivity contribution < 1.29 is 14.3 Å². The number of halogens is 1. The summed E-state index contributed by atoms with van der Waals surface area (Å²) in [7, 11) is 0. The van der Waals surface area contributed by atoms with Crippen LogP contribution >= 0.6 is 11.6 Å². The number of nitrogens with one attached hydrogen (secondary N) is 2. The molecule has 0 bridgehead atoms. The SMILES string of the molecule is CCCOc1ccc(Cl)cc1/C=N\NC(=O)C(=O)NC1CC1. The Morgan fingerprint density at radius 2 is 2.18 bits per heavy atom. The Bertz CT molecular complexity index is 585. The van der Waals surface area contributed by atoms with E-state index < -0.39 is 11.8 Å². The van der Waals surface area contributed by atoms with Crippen LogP contribution in [0.1, 0.15) is 31.7 Å². The second-order valence-corrected chi connectivity index (χ2v) is 5.41. The molecule has 118 valence electrons. The number of hydrazone groups is 1. The lowest BCUT2D eigenvalue weighted by Crippen LogP contribution is -2.38. The third-order valence-corrected chi connectivity index (χ3v) is 3.16. The van der Waals surface area contributed by atoms with E-state index in [2.05, 4.69) is 15.8 Å². The minimum absolute atomic E-state index is 0.129. The van der Waals surface area contributed by atoms with Crippen LogP contribution in [0.2, 0.25) is 5.02 Å². The summed E-state index contributed by atoms with van der Waals surface area (Å²) in [5.41, 5.74) is 2.82. The maximum atomic E-state index is 11.5. The zero-order valence-electron chi connectivity index (χ0n) is 12.3. The third kappa shape index (κ3) is 5.04. The molecule has 0 spiro atoms. The number of rotatable bonds is 6. The van der Waals surface area contributed by atoms with Crippen LogP contribution in [-0.4, -0.2) is 30.7 Å². The van der Waals surface area contributed by atoms with Crippen LogP contribution in [0.25, 0.3) is 0 Å². The Hall–Kier alpha value is -2.08. The average Bonchev–Trinajstić information content (AvgIpc) is 3.30. The largest absolute Gasteiger partial charge is 0.493 e. The molecule has 0 aromatic heterocycles. The van der Waals surface area contributed by atoms with Crippen molar-refractivity contribution in [3.8, 4) is 5.75 Å². The van der Waals surface area contributed by atoms with Crippen LogP contribution in [0.3, 0.4) is 0 Å². The molecule has 0 unspecified atom stereocenters. The van der Waals surface area contributed by atoms with Crippen molar-refractivity contribution in [2.75, 3.05) is 6.61 Å². The Balaban J connectivity index is 1.94. The number of carbonyl (C=O) groups is 2. The first kappa shape index (κ1) is 16.3. The monoisotopic (exact) mass is 323 g/mol. The van der Waals surface area contributed by atoms with Gasteiger partial charge in [0.25, 0.3) is 0 Å². The van der Waals surface area contributed by atoms with Gasteiger partial charge in [-0.2, -0.15) is 5.10 Å². The van der Waals surface area contributed by atoms with Gasteiger partial charge in [0.2, 0.25) is 0 Å². The molecule has 2 rings (SSSR count). The van der Waals surface area contributed by atoms with E-state index in [-0.39, 0.29) is 6.04 Å². The number of benzene rings is 1. The molecule has 7 heteroatoms. The first-order chi connectivity index (χ1) is 10.6. The minimum Gasteiger partial charge on any atom is -0.493 e. The highest BCUT2D eigenvalue weighted by atomic mass is 35.5. The van der Waals surface area contributed by atoms with E-state index in [9.17, 15) is 9.59 Å². The van der Waals surface area contributed by atoms with Crippen LogP contribution in [0, 0.1) is 0 Å². The standard InChI is InChI=1S/C15H18ClN3O3/c1-2-7-22-13-6-3-11(16)8-10(13)9-17-19-15(21)14(20)18-12-4-5-12/h3,6,8-9,12H,2,4-5,7H2,1H3,(H,18,20)(H,19,21)/b17-9-. The van der Waals surface area contributed by atoms with Gasteiger partial charge in [0, 0.05) is 16.6 Å². The lowest BCUT2D eigenvalue weighted by Gasteiger charge is -2.08. The molecule has 6 nitrogen and oxygen atoms in total. The van der Waals surface area contributed by atoms with Crippen molar-refractivity contribution in [3.63, 3.8) is 0 Å². The van der Waals surface area contributed by atoms with Crippen molar-refractivity contribution in [2.45, 2.75) is 32.2 Å². The number of amides is 2. The van der Waals surface area contributed by atoms with Gasteiger partial charge in [-0.15, -0.1) is 0 Å². The van der Waals surface area contributed by atoms with Gasteiger partial charge in [0.05, 0.1) is 12.8 Å². The van der Waals surface area contributed by atoms with E-state index >= 15 is 0 Å². The summed E-state index contributed by atoms with van der Waals surface area (Å²) in [6.07, 6.45) is 4.11. The Morgan fingerprint density at radius 1 is 1.41 bits per heavy atom. The number of hydrogen-bond acceptors (Lipinski definition) is 4. The molecule has 1 fully saturated rings. The topological polar surface area (TPSA) is 79.8 Å². The lowest BCUT2D eigenvalue weighted by atomic mass is 10.2. The summed E-state index contributed by atoms with van der Waals surface area (Å²) < 4.78 is 5.57. The summed E-state index contributed by atoms with van der Waals surface area (Å²) >= 11 is 5.94. The molecule has 0 atom stereocenters. The van der Waals surface area contributed by atoms with Gasteiger partial charge in [0.15, 0.2) is 0 Å². The molecule has 0 saturated heterocycles. The fourth-order valence-corrected chi connectivity index (χ4v) is 1.83. The minimum atomic E-state index is -0.791. The molecule has 1 aromatic rings. The van der Waals surface area contributed by atoms with E-state index in [0.717, 1.165) is 19.3 Å². The first-order valence-electron chi connectivity index (χ1n) is 7.16. The van der Waals surface area contributed by atoms with Crippen molar-refractivity contribution >= 4 is 29.6 Å². The van der Waals surface area contributed by atoms with Gasteiger partial charge in [-0.1, -0.05) is 18.5 Å². The van der Waals surface area contributed by atoms with E-state index in [1.54, 1.807) is 18.2 Å². The van der Waals surface area contributed by atoms with Crippen LogP contribution < -0.4 is 15.5 Å². The zero-order valence-corrected chi connectivity index (χ0v) is 13.0. The number of carbonyl (C=O) groups excluding carboxylic acids is 2. The van der Waals surface area contributed by atoms with E-state index in [4.69, 9.17) is 16.3 Å². The fourth-order valence-electron chi connectivity index (χ4n) is 1.65. The molecule has 2 amide bonds. The van der Waals surface area contributed by atoms with Crippen molar-refractivity contribution in [2.24, 2.45) is 5.10 Å². The average molecular weight is 324 g/mol.